The number of nitrogens with zero attached hydrogens (tertiary/aromatic N) is 1. The Kier molecular flexibility index (Phi) is 4.06. The van der Waals surface area contributed by atoms with Crippen LogP contribution >= 0.6 is 0 Å². The molecule has 0 spiro atoms. The minimum atomic E-state index is -0.517. The summed E-state index contributed by atoms with van der Waals surface area (Å²) in [4.78, 5) is 12.1. The molecule has 1 aliphatic rings. The third-order valence-electron chi connectivity index (χ3n) is 3.62. The molecule has 118 valence electrons. The lowest BCUT2D eigenvalue weighted by Crippen LogP contribution is -2.59. The van der Waals surface area contributed by atoms with E-state index in [1.54, 1.807) is 6.07 Å². The summed E-state index contributed by atoms with van der Waals surface area (Å²) in [6.45, 7) is 9.71. The zero-order valence-electron chi connectivity index (χ0n) is 13.8. The van der Waals surface area contributed by atoms with Crippen molar-refractivity contribution < 1.29 is 9.53 Å². The molecule has 1 aromatic rings. The van der Waals surface area contributed by atoms with E-state index >= 15 is 0 Å². The van der Waals surface area contributed by atoms with E-state index in [9.17, 15) is 4.79 Å². The lowest BCUT2D eigenvalue weighted by molar-refractivity contribution is 0.0518. The number of amides is 2. The van der Waals surface area contributed by atoms with Gasteiger partial charge in [-0.3, -0.25) is 0 Å². The molecule has 1 heterocycles. The molecule has 1 aromatic carbocycles. The van der Waals surface area contributed by atoms with E-state index in [0.717, 1.165) is 11.3 Å². The predicted molar refractivity (Wildman–Crippen MR) is 84.8 cm³/mol. The quantitative estimate of drug-likeness (QED) is 0.837. The van der Waals surface area contributed by atoms with Gasteiger partial charge in [-0.2, -0.15) is 5.26 Å². The second kappa shape index (κ2) is 5.53. The zero-order valence-corrected chi connectivity index (χ0v) is 13.8. The highest BCUT2D eigenvalue weighted by molar-refractivity contribution is 5.75. The molecular formula is C17H23N3O2. The molecule has 2 rings (SSSR count). The Bertz CT molecular complexity index is 624. The SMILES string of the molecule is CC(C)(C)NC(=O)N[C@@H]1Cc2cc(C#N)ccc2OC1(C)C. The number of rotatable bonds is 1. The summed E-state index contributed by atoms with van der Waals surface area (Å²) in [6.07, 6.45) is 0.634. The molecule has 0 aliphatic carbocycles. The van der Waals surface area contributed by atoms with Crippen molar-refractivity contribution in [3.05, 3.63) is 29.3 Å². The molecule has 2 amide bonds. The van der Waals surface area contributed by atoms with Crippen molar-refractivity contribution in [3.63, 3.8) is 0 Å². The number of nitriles is 1. The maximum Gasteiger partial charge on any atom is 0.315 e. The summed E-state index contributed by atoms with van der Waals surface area (Å²) < 4.78 is 6.01. The second-order valence-corrected chi connectivity index (χ2v) is 7.24. The van der Waals surface area contributed by atoms with E-state index in [0.29, 0.717) is 12.0 Å². The summed E-state index contributed by atoms with van der Waals surface area (Å²) in [5, 5.41) is 14.9. The monoisotopic (exact) mass is 301 g/mol. The highest BCUT2D eigenvalue weighted by atomic mass is 16.5. The summed E-state index contributed by atoms with van der Waals surface area (Å²) >= 11 is 0. The number of nitrogens with one attached hydrogen (secondary N) is 2. The Balaban J connectivity index is 2.18. The summed E-state index contributed by atoms with van der Waals surface area (Å²) in [6, 6.07) is 7.13. The van der Waals surface area contributed by atoms with E-state index in [-0.39, 0.29) is 17.6 Å². The number of fused-ring (bicyclic) bond motifs is 1. The Hall–Kier alpha value is -2.22. The summed E-state index contributed by atoms with van der Waals surface area (Å²) in [7, 11) is 0. The molecule has 0 unspecified atom stereocenters. The lowest BCUT2D eigenvalue weighted by atomic mass is 9.88. The first-order valence-electron chi connectivity index (χ1n) is 7.41. The van der Waals surface area contributed by atoms with Crippen LogP contribution in [0.5, 0.6) is 5.75 Å². The van der Waals surface area contributed by atoms with Crippen LogP contribution in [0.3, 0.4) is 0 Å². The molecule has 5 nitrogen and oxygen atoms in total. The number of hydrogen-bond acceptors (Lipinski definition) is 3. The van der Waals surface area contributed by atoms with Crippen LogP contribution in [-0.4, -0.2) is 23.2 Å². The summed E-state index contributed by atoms with van der Waals surface area (Å²) in [5.74, 6) is 0.776. The van der Waals surface area contributed by atoms with Gasteiger partial charge in [0.2, 0.25) is 0 Å². The molecule has 0 fully saturated rings. The van der Waals surface area contributed by atoms with E-state index in [2.05, 4.69) is 16.7 Å². The van der Waals surface area contributed by atoms with Crippen LogP contribution in [-0.2, 0) is 6.42 Å². The van der Waals surface area contributed by atoms with Gasteiger partial charge in [-0.15, -0.1) is 0 Å². The van der Waals surface area contributed by atoms with Gasteiger partial charge in [0.1, 0.15) is 11.4 Å². The highest BCUT2D eigenvalue weighted by Gasteiger charge is 2.38. The number of hydrogen-bond donors (Lipinski definition) is 2. The molecule has 22 heavy (non-hydrogen) atoms. The molecule has 0 saturated heterocycles. The fourth-order valence-corrected chi connectivity index (χ4v) is 2.49. The Morgan fingerprint density at radius 2 is 2.09 bits per heavy atom. The van der Waals surface area contributed by atoms with Crippen LogP contribution in [0.25, 0.3) is 0 Å². The Morgan fingerprint density at radius 3 is 2.68 bits per heavy atom. The van der Waals surface area contributed by atoms with Gasteiger partial charge < -0.3 is 15.4 Å². The molecule has 5 heteroatoms. The lowest BCUT2D eigenvalue weighted by Gasteiger charge is -2.40. The van der Waals surface area contributed by atoms with Gasteiger partial charge >= 0.3 is 6.03 Å². The standard InChI is InChI=1S/C17H23N3O2/c1-16(2,3)20-15(21)19-14-9-12-8-11(10-18)6-7-13(12)22-17(14,4)5/h6-8,14H,9H2,1-5H3,(H2,19,20,21)/t14-/m1/s1. The van der Waals surface area contributed by atoms with Gasteiger partial charge in [0.25, 0.3) is 0 Å². The molecule has 0 aromatic heterocycles. The van der Waals surface area contributed by atoms with Crippen LogP contribution in [0, 0.1) is 11.3 Å². The first-order valence-corrected chi connectivity index (χ1v) is 7.41. The van der Waals surface area contributed by atoms with Gasteiger partial charge in [0.05, 0.1) is 17.7 Å². The maximum atomic E-state index is 12.1. The second-order valence-electron chi connectivity index (χ2n) is 7.24. The average Bonchev–Trinajstić information content (AvgIpc) is 2.36. The van der Waals surface area contributed by atoms with Crippen molar-refractivity contribution in [1.29, 1.82) is 5.26 Å². The minimum absolute atomic E-state index is 0.170. The van der Waals surface area contributed by atoms with Gasteiger partial charge in [-0.25, -0.2) is 4.79 Å². The maximum absolute atomic E-state index is 12.1. The van der Waals surface area contributed by atoms with E-state index in [1.807, 2.05) is 46.8 Å². The first-order chi connectivity index (χ1) is 10.1. The molecule has 1 atom stereocenters. The molecule has 0 radical (unpaired) electrons. The fourth-order valence-electron chi connectivity index (χ4n) is 2.49. The number of benzene rings is 1. The zero-order chi connectivity index (χ0) is 16.5. The third-order valence-corrected chi connectivity index (χ3v) is 3.62. The largest absolute Gasteiger partial charge is 0.485 e. The smallest absolute Gasteiger partial charge is 0.315 e. The van der Waals surface area contributed by atoms with Crippen molar-refractivity contribution in [3.8, 4) is 11.8 Å². The molecule has 0 saturated carbocycles. The average molecular weight is 301 g/mol. The van der Waals surface area contributed by atoms with Gasteiger partial charge in [0.15, 0.2) is 0 Å². The van der Waals surface area contributed by atoms with E-state index in [4.69, 9.17) is 10.00 Å². The number of urea groups is 1. The molecule has 0 bridgehead atoms. The Labute approximate surface area is 131 Å². The minimum Gasteiger partial charge on any atom is -0.485 e. The van der Waals surface area contributed by atoms with Crippen molar-refractivity contribution in [1.82, 2.24) is 10.6 Å². The Morgan fingerprint density at radius 1 is 1.41 bits per heavy atom. The highest BCUT2D eigenvalue weighted by Crippen LogP contribution is 2.33. The van der Waals surface area contributed by atoms with Crippen molar-refractivity contribution in [2.75, 3.05) is 0 Å². The van der Waals surface area contributed by atoms with Gasteiger partial charge in [-0.1, -0.05) is 0 Å². The van der Waals surface area contributed by atoms with Gasteiger partial charge in [0, 0.05) is 12.0 Å². The van der Waals surface area contributed by atoms with Crippen LogP contribution < -0.4 is 15.4 Å². The fraction of sp³-hybridized carbons (Fsp3) is 0.529. The van der Waals surface area contributed by atoms with Crippen LogP contribution in [0.4, 0.5) is 4.79 Å². The number of ether oxygens (including phenoxy) is 1. The van der Waals surface area contributed by atoms with Crippen molar-refractivity contribution in [2.45, 2.75) is 58.2 Å². The van der Waals surface area contributed by atoms with Crippen LogP contribution in [0.1, 0.15) is 45.7 Å². The molecular weight excluding hydrogens is 278 g/mol. The topological polar surface area (TPSA) is 74.2 Å². The molecule has 2 N–H and O–H groups in total. The number of carbonyl (C=O) groups is 1. The first kappa shape index (κ1) is 16.2. The third kappa shape index (κ3) is 3.70. The normalized spacial score (nSPS) is 19.4. The number of carbonyl (C=O) groups excluding carboxylic acids is 1. The van der Waals surface area contributed by atoms with E-state index < -0.39 is 5.60 Å². The van der Waals surface area contributed by atoms with Crippen molar-refractivity contribution >= 4 is 6.03 Å². The van der Waals surface area contributed by atoms with Crippen LogP contribution in [0.15, 0.2) is 18.2 Å². The van der Waals surface area contributed by atoms with Gasteiger partial charge in [-0.05, 0) is 58.4 Å². The van der Waals surface area contributed by atoms with Crippen LogP contribution in [0.2, 0.25) is 0 Å². The van der Waals surface area contributed by atoms with E-state index in [1.165, 1.54) is 0 Å². The predicted octanol–water partition coefficient (Wildman–Crippen LogP) is 2.74. The van der Waals surface area contributed by atoms with Crippen molar-refractivity contribution in [2.24, 2.45) is 0 Å². The summed E-state index contributed by atoms with van der Waals surface area (Å²) in [5.41, 5.74) is 0.728. The molecule has 1 aliphatic heterocycles.